The first-order valence-corrected chi connectivity index (χ1v) is 11.7. The summed E-state index contributed by atoms with van der Waals surface area (Å²) in [6.07, 6.45) is 1.68. The number of carbonyl (C=O) groups excluding carboxylic acids is 2. The van der Waals surface area contributed by atoms with Gasteiger partial charge in [0.25, 0.3) is 11.8 Å². The Bertz CT molecular complexity index is 1100. The van der Waals surface area contributed by atoms with Crippen molar-refractivity contribution in [3.63, 3.8) is 0 Å². The summed E-state index contributed by atoms with van der Waals surface area (Å²) in [5, 5.41) is 2.15. The summed E-state index contributed by atoms with van der Waals surface area (Å²) in [6.45, 7) is 6.79. The third-order valence-electron chi connectivity index (χ3n) is 4.74. The van der Waals surface area contributed by atoms with Gasteiger partial charge in [-0.05, 0) is 55.7 Å². The van der Waals surface area contributed by atoms with Crippen molar-refractivity contribution < 1.29 is 27.5 Å². The molecule has 0 saturated carbocycles. The fourth-order valence-corrected chi connectivity index (χ4v) is 4.39. The maximum atomic E-state index is 12.9. The van der Waals surface area contributed by atoms with Crippen molar-refractivity contribution in [2.45, 2.75) is 44.6 Å². The Morgan fingerprint density at radius 3 is 2.23 bits per heavy atom. The van der Waals surface area contributed by atoms with Crippen LogP contribution in [0.25, 0.3) is 0 Å². The molecule has 2 N–H and O–H groups in total. The zero-order valence-corrected chi connectivity index (χ0v) is 18.5. The second kappa shape index (κ2) is 9.49. The third-order valence-corrected chi connectivity index (χ3v) is 6.28. The Hall–Kier alpha value is -2.91. The molecule has 8 nitrogen and oxygen atoms in total. The van der Waals surface area contributed by atoms with Crippen molar-refractivity contribution in [1.29, 1.82) is 0 Å². The van der Waals surface area contributed by atoms with Crippen molar-refractivity contribution in [3.8, 4) is 11.5 Å². The van der Waals surface area contributed by atoms with Crippen molar-refractivity contribution >= 4 is 21.8 Å². The van der Waals surface area contributed by atoms with E-state index in [9.17, 15) is 18.0 Å². The molecule has 0 radical (unpaired) electrons. The second-order valence-electron chi connectivity index (χ2n) is 7.24. The van der Waals surface area contributed by atoms with Gasteiger partial charge in [-0.3, -0.25) is 14.9 Å². The van der Waals surface area contributed by atoms with E-state index in [1.54, 1.807) is 25.1 Å². The Balaban J connectivity index is 1.83. The molecule has 2 amide bonds. The number of imide groups is 1. The van der Waals surface area contributed by atoms with Gasteiger partial charge in [-0.1, -0.05) is 19.9 Å². The molecule has 0 spiro atoms. The summed E-state index contributed by atoms with van der Waals surface area (Å²) in [5.74, 6) is 0.0377. The predicted octanol–water partition coefficient (Wildman–Crippen LogP) is 3.19. The molecule has 0 aliphatic carbocycles. The summed E-state index contributed by atoms with van der Waals surface area (Å²) in [6, 6.07) is 8.61. The molecule has 2 aromatic carbocycles. The van der Waals surface area contributed by atoms with E-state index in [2.05, 4.69) is 10.0 Å². The molecular weight excluding hydrogens is 420 g/mol. The molecule has 1 unspecified atom stereocenters. The molecule has 1 atom stereocenters. The Kier molecular flexibility index (Phi) is 6.97. The molecule has 0 saturated heterocycles. The largest absolute Gasteiger partial charge is 0.490 e. The standard InChI is InChI=1S/C22H26N2O6S/c1-4-10-29-19-9-6-15(12-20(19)30-11-5-2)14(3)24-31(27,28)16-7-8-17-18(13-16)22(26)23-21(17)25/h6-9,12-14,24H,4-5,10-11H2,1-3H3,(H,23,25,26). The highest BCUT2D eigenvalue weighted by Gasteiger charge is 2.29. The highest BCUT2D eigenvalue weighted by molar-refractivity contribution is 7.89. The molecule has 31 heavy (non-hydrogen) atoms. The average molecular weight is 447 g/mol. The molecule has 166 valence electrons. The normalized spacial score (nSPS) is 14.2. The molecule has 2 aromatic rings. The van der Waals surface area contributed by atoms with Gasteiger partial charge in [0.15, 0.2) is 11.5 Å². The van der Waals surface area contributed by atoms with E-state index in [0.29, 0.717) is 30.3 Å². The minimum absolute atomic E-state index is 0.0493. The molecule has 1 aliphatic heterocycles. The van der Waals surface area contributed by atoms with Crippen molar-refractivity contribution in [2.24, 2.45) is 0 Å². The van der Waals surface area contributed by atoms with E-state index in [-0.39, 0.29) is 16.0 Å². The van der Waals surface area contributed by atoms with Crippen LogP contribution < -0.4 is 19.5 Å². The SMILES string of the molecule is CCCOc1ccc(C(C)NS(=O)(=O)c2ccc3c(c2)C(=O)NC3=O)cc1OCCC. The maximum Gasteiger partial charge on any atom is 0.258 e. The van der Waals surface area contributed by atoms with Crippen LogP contribution in [-0.4, -0.2) is 33.4 Å². The topological polar surface area (TPSA) is 111 Å². The zero-order chi connectivity index (χ0) is 22.6. The Labute approximate surface area is 182 Å². The molecule has 1 aliphatic rings. The Morgan fingerprint density at radius 1 is 0.903 bits per heavy atom. The van der Waals surface area contributed by atoms with Gasteiger partial charge in [0.05, 0.1) is 29.2 Å². The lowest BCUT2D eigenvalue weighted by Gasteiger charge is -2.18. The lowest BCUT2D eigenvalue weighted by Crippen LogP contribution is -2.27. The fraction of sp³-hybridized carbons (Fsp3) is 0.364. The average Bonchev–Trinajstić information content (AvgIpc) is 3.03. The first-order valence-electron chi connectivity index (χ1n) is 10.2. The summed E-state index contributed by atoms with van der Waals surface area (Å²) in [7, 11) is -3.94. The lowest BCUT2D eigenvalue weighted by molar-refractivity contribution is 0.0879. The number of hydrogen-bond donors (Lipinski definition) is 2. The fourth-order valence-electron chi connectivity index (χ4n) is 3.13. The van der Waals surface area contributed by atoms with E-state index in [4.69, 9.17) is 9.47 Å². The van der Waals surface area contributed by atoms with Gasteiger partial charge in [-0.25, -0.2) is 13.1 Å². The van der Waals surface area contributed by atoms with Crippen LogP contribution in [-0.2, 0) is 10.0 Å². The number of hydrogen-bond acceptors (Lipinski definition) is 6. The lowest BCUT2D eigenvalue weighted by atomic mass is 10.1. The van der Waals surface area contributed by atoms with E-state index in [0.717, 1.165) is 12.8 Å². The molecule has 0 bridgehead atoms. The summed E-state index contributed by atoms with van der Waals surface area (Å²) < 4.78 is 39.9. The van der Waals surface area contributed by atoms with Crippen LogP contribution in [0.15, 0.2) is 41.3 Å². The minimum Gasteiger partial charge on any atom is -0.490 e. The van der Waals surface area contributed by atoms with Crippen molar-refractivity contribution in [3.05, 3.63) is 53.1 Å². The van der Waals surface area contributed by atoms with E-state index < -0.39 is 27.9 Å². The number of ether oxygens (including phenoxy) is 2. The van der Waals surface area contributed by atoms with Gasteiger partial charge in [-0.2, -0.15) is 0 Å². The highest BCUT2D eigenvalue weighted by atomic mass is 32.2. The van der Waals surface area contributed by atoms with E-state index in [1.807, 2.05) is 13.8 Å². The van der Waals surface area contributed by atoms with Gasteiger partial charge in [0.1, 0.15) is 0 Å². The maximum absolute atomic E-state index is 12.9. The molecule has 0 fully saturated rings. The van der Waals surface area contributed by atoms with Crippen molar-refractivity contribution in [1.82, 2.24) is 10.0 Å². The number of benzene rings is 2. The number of rotatable bonds is 10. The van der Waals surface area contributed by atoms with Crippen LogP contribution in [0, 0.1) is 0 Å². The summed E-state index contributed by atoms with van der Waals surface area (Å²) in [4.78, 5) is 23.4. The summed E-state index contributed by atoms with van der Waals surface area (Å²) in [5.41, 5.74) is 0.915. The number of nitrogens with one attached hydrogen (secondary N) is 2. The summed E-state index contributed by atoms with van der Waals surface area (Å²) >= 11 is 0. The number of carbonyl (C=O) groups is 2. The van der Waals surface area contributed by atoms with Gasteiger partial charge < -0.3 is 9.47 Å². The first kappa shape index (κ1) is 22.8. The number of fused-ring (bicyclic) bond motifs is 1. The zero-order valence-electron chi connectivity index (χ0n) is 17.7. The second-order valence-corrected chi connectivity index (χ2v) is 8.95. The predicted molar refractivity (Wildman–Crippen MR) is 115 cm³/mol. The molecule has 9 heteroatoms. The van der Waals surface area contributed by atoms with Crippen LogP contribution in [0.4, 0.5) is 0 Å². The van der Waals surface area contributed by atoms with Crippen LogP contribution in [0.1, 0.15) is 65.9 Å². The first-order chi connectivity index (χ1) is 14.8. The van der Waals surface area contributed by atoms with E-state index in [1.165, 1.54) is 18.2 Å². The van der Waals surface area contributed by atoms with Gasteiger partial charge in [0.2, 0.25) is 10.0 Å². The number of amides is 2. The van der Waals surface area contributed by atoms with Crippen LogP contribution in [0.3, 0.4) is 0 Å². The highest BCUT2D eigenvalue weighted by Crippen LogP contribution is 2.31. The van der Waals surface area contributed by atoms with E-state index >= 15 is 0 Å². The quantitative estimate of drug-likeness (QED) is 0.542. The Morgan fingerprint density at radius 2 is 1.55 bits per heavy atom. The van der Waals surface area contributed by atoms with Crippen LogP contribution in [0.5, 0.6) is 11.5 Å². The van der Waals surface area contributed by atoms with Gasteiger partial charge in [0, 0.05) is 6.04 Å². The monoisotopic (exact) mass is 446 g/mol. The molecule has 1 heterocycles. The molecule has 0 aromatic heterocycles. The molecular formula is C22H26N2O6S. The van der Waals surface area contributed by atoms with Gasteiger partial charge in [-0.15, -0.1) is 0 Å². The minimum atomic E-state index is -3.94. The van der Waals surface area contributed by atoms with Crippen LogP contribution >= 0.6 is 0 Å². The van der Waals surface area contributed by atoms with Crippen LogP contribution in [0.2, 0.25) is 0 Å². The molecule has 3 rings (SSSR count). The van der Waals surface area contributed by atoms with Crippen molar-refractivity contribution in [2.75, 3.05) is 13.2 Å². The van der Waals surface area contributed by atoms with Gasteiger partial charge >= 0.3 is 0 Å². The number of sulfonamides is 1. The third kappa shape index (κ3) is 5.05. The smallest absolute Gasteiger partial charge is 0.258 e.